The Labute approximate surface area is 243 Å². The second-order valence-corrected chi connectivity index (χ2v) is 11.9. The van der Waals surface area contributed by atoms with Crippen LogP contribution in [0.25, 0.3) is 0 Å². The van der Waals surface area contributed by atoms with Gasteiger partial charge in [-0.1, -0.05) is 115 Å². The largest absolute Gasteiger partial charge is 0.393 e. The van der Waals surface area contributed by atoms with Crippen LogP contribution in [0, 0.1) is 17.8 Å². The van der Waals surface area contributed by atoms with Crippen LogP contribution in [-0.2, 0) is 33.4 Å². The highest BCUT2D eigenvalue weighted by Crippen LogP contribution is 2.54. The van der Waals surface area contributed by atoms with Crippen LogP contribution in [0.1, 0.15) is 126 Å². The van der Waals surface area contributed by atoms with E-state index in [9.17, 15) is 24.0 Å². The SMILES string of the molecule is CCCCCCCCCCCCCCCCNC(=O)C1C2C(=O)OC(=O)C2c2ccccc2C1C1CC(=O)OC1=O. The average Bonchev–Trinajstić information content (AvgIpc) is 3.45. The van der Waals surface area contributed by atoms with Gasteiger partial charge in [-0.2, -0.15) is 0 Å². The van der Waals surface area contributed by atoms with E-state index < -0.39 is 59.4 Å². The first kappa shape index (κ1) is 30.9. The van der Waals surface area contributed by atoms with Gasteiger partial charge in [-0.25, -0.2) is 0 Å². The molecule has 3 aliphatic rings. The van der Waals surface area contributed by atoms with Crippen LogP contribution in [-0.4, -0.2) is 36.3 Å². The van der Waals surface area contributed by atoms with Crippen LogP contribution in [0.3, 0.4) is 0 Å². The molecular weight excluding hydrogens is 522 g/mol. The number of amides is 1. The molecule has 1 aliphatic carbocycles. The Kier molecular flexibility index (Phi) is 11.5. The predicted molar refractivity (Wildman–Crippen MR) is 153 cm³/mol. The number of carbonyl (C=O) groups excluding carboxylic acids is 5. The molecule has 0 bridgehead atoms. The van der Waals surface area contributed by atoms with Crippen LogP contribution in [0.15, 0.2) is 24.3 Å². The van der Waals surface area contributed by atoms with Crippen molar-refractivity contribution in [2.24, 2.45) is 17.8 Å². The first-order valence-electron chi connectivity index (χ1n) is 15.8. The van der Waals surface area contributed by atoms with Gasteiger partial charge in [0.05, 0.1) is 30.1 Å². The van der Waals surface area contributed by atoms with Crippen LogP contribution < -0.4 is 5.32 Å². The van der Waals surface area contributed by atoms with Crippen molar-refractivity contribution in [2.75, 3.05) is 6.54 Å². The third kappa shape index (κ3) is 7.63. The molecule has 1 aromatic rings. The maximum absolute atomic E-state index is 13.6. The summed E-state index contributed by atoms with van der Waals surface area (Å²) in [5.74, 6) is -7.79. The van der Waals surface area contributed by atoms with Gasteiger partial charge >= 0.3 is 23.9 Å². The van der Waals surface area contributed by atoms with Crippen molar-refractivity contribution in [3.8, 4) is 0 Å². The standard InChI is InChI=1S/C33H45NO7/c1-2-3-4-5-6-7-8-9-10-11-12-13-14-17-20-34-30(36)28-26(24-21-25(35)40-31(24)37)22-18-15-16-19-23(22)27-29(28)33(39)41-32(27)38/h15-16,18-19,24,26-29H,2-14,17,20-21H2,1H3,(H,34,36). The molecule has 0 aromatic heterocycles. The van der Waals surface area contributed by atoms with Gasteiger partial charge in [0.1, 0.15) is 0 Å². The second kappa shape index (κ2) is 15.3. The molecule has 2 aliphatic heterocycles. The molecule has 2 saturated heterocycles. The zero-order chi connectivity index (χ0) is 29.2. The maximum Gasteiger partial charge on any atom is 0.321 e. The van der Waals surface area contributed by atoms with Crippen molar-refractivity contribution in [1.29, 1.82) is 0 Å². The first-order valence-corrected chi connectivity index (χ1v) is 15.8. The van der Waals surface area contributed by atoms with E-state index in [0.29, 0.717) is 17.7 Å². The number of hydrogen-bond acceptors (Lipinski definition) is 7. The smallest absolute Gasteiger partial charge is 0.321 e. The minimum atomic E-state index is -1.04. The van der Waals surface area contributed by atoms with E-state index in [-0.39, 0.29) is 6.42 Å². The van der Waals surface area contributed by atoms with E-state index in [2.05, 4.69) is 12.2 Å². The summed E-state index contributed by atoms with van der Waals surface area (Å²) in [7, 11) is 0. The lowest BCUT2D eigenvalue weighted by atomic mass is 9.60. The molecule has 1 N–H and O–H groups in total. The number of cyclic esters (lactones) is 4. The highest BCUT2D eigenvalue weighted by Gasteiger charge is 2.60. The molecule has 0 radical (unpaired) electrons. The number of unbranched alkanes of at least 4 members (excludes halogenated alkanes) is 13. The lowest BCUT2D eigenvalue weighted by Gasteiger charge is -2.39. The van der Waals surface area contributed by atoms with Crippen molar-refractivity contribution in [1.82, 2.24) is 5.32 Å². The zero-order valence-corrected chi connectivity index (χ0v) is 24.4. The fourth-order valence-electron chi connectivity index (χ4n) is 6.91. The van der Waals surface area contributed by atoms with Gasteiger partial charge in [-0.05, 0) is 17.5 Å². The summed E-state index contributed by atoms with van der Waals surface area (Å²) in [5.41, 5.74) is 1.19. The third-order valence-corrected chi connectivity index (χ3v) is 9.02. The molecule has 2 heterocycles. The van der Waals surface area contributed by atoms with Gasteiger partial charge in [-0.15, -0.1) is 0 Å². The van der Waals surface area contributed by atoms with Crippen molar-refractivity contribution < 1.29 is 33.4 Å². The Hall–Kier alpha value is -3.03. The van der Waals surface area contributed by atoms with Gasteiger partial charge in [0.2, 0.25) is 5.91 Å². The monoisotopic (exact) mass is 567 g/mol. The molecule has 41 heavy (non-hydrogen) atoms. The molecule has 8 nitrogen and oxygen atoms in total. The molecule has 5 unspecified atom stereocenters. The lowest BCUT2D eigenvalue weighted by Crippen LogP contribution is -2.47. The van der Waals surface area contributed by atoms with E-state index in [4.69, 9.17) is 9.47 Å². The maximum atomic E-state index is 13.6. The van der Waals surface area contributed by atoms with Crippen LogP contribution in [0.5, 0.6) is 0 Å². The van der Waals surface area contributed by atoms with Gasteiger partial charge in [-0.3, -0.25) is 24.0 Å². The van der Waals surface area contributed by atoms with E-state index in [1.54, 1.807) is 24.3 Å². The number of esters is 4. The summed E-state index contributed by atoms with van der Waals surface area (Å²) in [6.45, 7) is 2.69. The number of rotatable bonds is 17. The van der Waals surface area contributed by atoms with Gasteiger partial charge in [0, 0.05) is 12.5 Å². The molecule has 0 saturated carbocycles. The Balaban J connectivity index is 1.26. The van der Waals surface area contributed by atoms with E-state index in [0.717, 1.165) is 19.3 Å². The third-order valence-electron chi connectivity index (χ3n) is 9.02. The zero-order valence-electron chi connectivity index (χ0n) is 24.4. The molecular formula is C33H45NO7. The quantitative estimate of drug-likeness (QED) is 0.142. The summed E-state index contributed by atoms with van der Waals surface area (Å²) >= 11 is 0. The van der Waals surface area contributed by atoms with Crippen molar-refractivity contribution in [2.45, 2.75) is 115 Å². The number of fused-ring (bicyclic) bond motifs is 3. The molecule has 2 fully saturated rings. The van der Waals surface area contributed by atoms with Gasteiger partial charge in [0.15, 0.2) is 0 Å². The predicted octanol–water partition coefficient (Wildman–Crippen LogP) is 5.87. The van der Waals surface area contributed by atoms with Gasteiger partial charge in [0.25, 0.3) is 0 Å². The number of ether oxygens (including phenoxy) is 2. The van der Waals surface area contributed by atoms with Crippen LogP contribution in [0.4, 0.5) is 0 Å². The van der Waals surface area contributed by atoms with Crippen LogP contribution in [0.2, 0.25) is 0 Å². The average molecular weight is 568 g/mol. The highest BCUT2D eigenvalue weighted by molar-refractivity contribution is 6.04. The summed E-state index contributed by atoms with van der Waals surface area (Å²) in [6, 6.07) is 7.00. The second-order valence-electron chi connectivity index (χ2n) is 11.9. The molecule has 1 aromatic carbocycles. The summed E-state index contributed by atoms with van der Waals surface area (Å²) in [4.78, 5) is 63.8. The molecule has 1 amide bonds. The Morgan fingerprint density at radius 3 is 1.83 bits per heavy atom. The summed E-state index contributed by atoms with van der Waals surface area (Å²) < 4.78 is 9.82. The molecule has 8 heteroatoms. The van der Waals surface area contributed by atoms with Crippen molar-refractivity contribution in [3.63, 3.8) is 0 Å². The van der Waals surface area contributed by atoms with E-state index in [1.165, 1.54) is 70.6 Å². The summed E-state index contributed by atoms with van der Waals surface area (Å²) in [5, 5.41) is 2.96. The lowest BCUT2D eigenvalue weighted by molar-refractivity contribution is -0.157. The van der Waals surface area contributed by atoms with E-state index in [1.807, 2.05) is 0 Å². The first-order chi connectivity index (χ1) is 19.9. The highest BCUT2D eigenvalue weighted by atomic mass is 16.6. The molecule has 4 rings (SSSR count). The van der Waals surface area contributed by atoms with E-state index >= 15 is 0 Å². The van der Waals surface area contributed by atoms with Crippen molar-refractivity contribution in [3.05, 3.63) is 35.4 Å². The molecule has 5 atom stereocenters. The fourth-order valence-corrected chi connectivity index (χ4v) is 6.91. The van der Waals surface area contributed by atoms with Crippen LogP contribution >= 0.6 is 0 Å². The van der Waals surface area contributed by atoms with Gasteiger partial charge < -0.3 is 14.8 Å². The topological polar surface area (TPSA) is 116 Å². The fraction of sp³-hybridized carbons (Fsp3) is 0.667. The normalized spacial score (nSPS) is 25.0. The minimum Gasteiger partial charge on any atom is -0.393 e. The molecule has 224 valence electrons. The number of nitrogens with one attached hydrogen (secondary N) is 1. The Bertz CT molecular complexity index is 1100. The minimum absolute atomic E-state index is 0.166. The molecule has 0 spiro atoms. The Morgan fingerprint density at radius 2 is 1.27 bits per heavy atom. The number of carbonyl (C=O) groups is 5. The summed E-state index contributed by atoms with van der Waals surface area (Å²) in [6.07, 6.45) is 17.2. The van der Waals surface area contributed by atoms with Crippen molar-refractivity contribution >= 4 is 29.8 Å². The Morgan fingerprint density at radius 1 is 0.707 bits per heavy atom. The number of hydrogen-bond donors (Lipinski definition) is 1. The number of benzene rings is 1.